The van der Waals surface area contributed by atoms with E-state index in [1.165, 1.54) is 33.5 Å². The third-order valence-electron chi connectivity index (χ3n) is 14.4. The van der Waals surface area contributed by atoms with Gasteiger partial charge in [0.2, 0.25) is 11.8 Å². The molecule has 0 unspecified atom stereocenters. The number of imidazole rings is 2. The predicted molar refractivity (Wildman–Crippen MR) is 253 cm³/mol. The molecule has 0 radical (unpaired) electrons. The number of amidine groups is 1. The molecule has 2 aromatic heterocycles. The smallest absolute Gasteiger partial charge is 0.407 e. The number of rotatable bonds is 11. The number of carbonyl (C=O) groups excluding carboxylic acids is 4. The number of carbonyl (C=O) groups is 4. The van der Waals surface area contributed by atoms with Gasteiger partial charge >= 0.3 is 12.2 Å². The summed E-state index contributed by atoms with van der Waals surface area (Å²) in [7, 11) is 2.61. The summed E-state index contributed by atoms with van der Waals surface area (Å²) in [5, 5.41) is 10.2. The number of hydrogen-bond donors (Lipinski definition) is 4. The summed E-state index contributed by atoms with van der Waals surface area (Å²) in [5.41, 5.74) is 5.81. The molecule has 18 heteroatoms. The Hall–Kier alpha value is -6.17. The number of aromatic amines is 2. The first-order chi connectivity index (χ1) is 32.4. The Balaban J connectivity index is 0.992. The lowest BCUT2D eigenvalue weighted by molar-refractivity contribution is -0.136. The van der Waals surface area contributed by atoms with E-state index in [1.54, 1.807) is 0 Å². The summed E-state index contributed by atoms with van der Waals surface area (Å²) in [6.45, 7) is 11.4. The van der Waals surface area contributed by atoms with Crippen molar-refractivity contribution in [1.82, 2.24) is 55.3 Å². The normalized spacial score (nSPS) is 23.4. The number of benzene rings is 2. The van der Waals surface area contributed by atoms with Gasteiger partial charge in [0, 0.05) is 32.4 Å². The maximum Gasteiger partial charge on any atom is 0.407 e. The lowest BCUT2D eigenvalue weighted by Crippen LogP contribution is -2.51. The Labute approximate surface area is 391 Å². The zero-order valence-electron chi connectivity index (χ0n) is 39.7. The number of hydrogen-bond acceptors (Lipinski definition) is 12. The van der Waals surface area contributed by atoms with Crippen molar-refractivity contribution in [2.45, 2.75) is 122 Å². The Morgan fingerprint density at radius 1 is 0.642 bits per heavy atom. The van der Waals surface area contributed by atoms with Crippen LogP contribution in [-0.2, 0) is 19.1 Å². The maximum absolute atomic E-state index is 13.9. The van der Waals surface area contributed by atoms with Crippen LogP contribution in [0.5, 0.6) is 0 Å². The van der Waals surface area contributed by atoms with Crippen molar-refractivity contribution in [1.29, 1.82) is 0 Å². The third-order valence-corrected chi connectivity index (χ3v) is 14.4. The van der Waals surface area contributed by atoms with Gasteiger partial charge < -0.3 is 44.8 Å². The van der Waals surface area contributed by atoms with Crippen molar-refractivity contribution in [3.63, 3.8) is 0 Å². The fourth-order valence-corrected chi connectivity index (χ4v) is 10.9. The van der Waals surface area contributed by atoms with Crippen molar-refractivity contribution in [2.75, 3.05) is 47.1 Å². The second kappa shape index (κ2) is 19.6. The molecule has 0 aliphatic carbocycles. The fourth-order valence-electron chi connectivity index (χ4n) is 10.9. The van der Waals surface area contributed by atoms with Crippen LogP contribution < -0.4 is 10.6 Å². The Kier molecular flexibility index (Phi) is 13.4. The number of methoxy groups -OCH3 is 2. The predicted octanol–water partition coefficient (Wildman–Crippen LogP) is 6.99. The summed E-state index contributed by atoms with van der Waals surface area (Å²) < 4.78 is 9.68. The molecule has 6 atom stereocenters. The van der Waals surface area contributed by atoms with Gasteiger partial charge in [0.05, 0.1) is 60.5 Å². The number of likely N-dealkylation sites (tertiary alicyclic amines) is 3. The van der Waals surface area contributed by atoms with Crippen molar-refractivity contribution in [3.05, 3.63) is 71.4 Å². The highest BCUT2D eigenvalue weighted by Crippen LogP contribution is 2.47. The van der Waals surface area contributed by atoms with Crippen LogP contribution in [0.4, 0.5) is 9.59 Å². The first-order valence-corrected chi connectivity index (χ1v) is 24.2. The number of nitrogens with one attached hydrogen (secondary N) is 4. The zero-order valence-corrected chi connectivity index (χ0v) is 39.7. The van der Waals surface area contributed by atoms with Gasteiger partial charge in [-0.1, -0.05) is 39.8 Å². The van der Waals surface area contributed by atoms with Crippen LogP contribution in [0, 0.1) is 11.8 Å². The first-order valence-electron chi connectivity index (χ1n) is 24.2. The average molecular weight is 919 g/mol. The minimum atomic E-state index is -0.709. The van der Waals surface area contributed by atoms with Crippen LogP contribution in [-0.4, -0.2) is 134 Å². The van der Waals surface area contributed by atoms with E-state index in [4.69, 9.17) is 24.4 Å². The third kappa shape index (κ3) is 9.28. The summed E-state index contributed by atoms with van der Waals surface area (Å²) >= 11 is 0. The van der Waals surface area contributed by atoms with Crippen LogP contribution in [0.1, 0.15) is 132 Å². The summed E-state index contributed by atoms with van der Waals surface area (Å²) in [6.07, 6.45) is 11.8. The number of nitrogens with zero attached hydrogens (tertiary/aromatic N) is 8. The number of alkyl carbamates (subject to hydrolysis) is 2. The molecule has 358 valence electrons. The first kappa shape index (κ1) is 46.0. The van der Waals surface area contributed by atoms with Crippen LogP contribution in [0.15, 0.2) is 53.7 Å². The van der Waals surface area contributed by atoms with Crippen LogP contribution in [0.2, 0.25) is 0 Å². The number of fused-ring (bicyclic) bond motifs is 2. The molecule has 9 rings (SSSR count). The lowest BCUT2D eigenvalue weighted by atomic mass is 10.0. The van der Waals surface area contributed by atoms with Gasteiger partial charge in [-0.25, -0.2) is 29.6 Å². The average Bonchev–Trinajstić information content (AvgIpc) is 4.20. The molecule has 67 heavy (non-hydrogen) atoms. The van der Waals surface area contributed by atoms with Gasteiger partial charge in [-0.2, -0.15) is 0 Å². The molecule has 4 amide bonds. The highest BCUT2D eigenvalue weighted by atomic mass is 16.5. The second-order valence-electron chi connectivity index (χ2n) is 19.3. The van der Waals surface area contributed by atoms with E-state index in [-0.39, 0.29) is 47.8 Å². The number of H-pyrrole nitrogens is 2. The number of aliphatic imine (C=N–C) groups is 1. The standard InChI is InChI=1S/C49H66N12O6/c1-29(2)42(55-48(64)66-5)46(62)59-23-10-12-39(59)44-51-33-16-14-31(26-35(33)53-44)37-18-19-38(61(37)58-25-20-41(50-28-58)57-21-8-7-9-22-57)32-15-17-34-36(27-32)54-45(52-34)40-13-11-24-60(40)47(63)43(30(3)4)56-49(65)67-6/h14-17,20,25-27,29-30,37-40,42-43H,7-13,18-19,21-24,28H2,1-6H3,(H,51,53)(H,52,54)(H,55,64)(H,56,65)/t37-,38-,39-,40-,42-,43-/m0/s1. The molecule has 0 bridgehead atoms. The van der Waals surface area contributed by atoms with Gasteiger partial charge in [-0.05, 0) is 111 Å². The molecule has 4 aromatic rings. The zero-order chi connectivity index (χ0) is 46.9. The molecule has 4 saturated heterocycles. The number of aromatic nitrogens is 4. The highest BCUT2D eigenvalue weighted by molar-refractivity contribution is 5.93. The van der Waals surface area contributed by atoms with E-state index in [1.807, 2.05) is 37.5 Å². The number of hydrazine groups is 1. The molecule has 2 aromatic carbocycles. The molecular weight excluding hydrogens is 853 g/mol. The lowest BCUT2D eigenvalue weighted by Gasteiger charge is -2.41. The molecule has 4 fully saturated rings. The van der Waals surface area contributed by atoms with E-state index in [9.17, 15) is 19.2 Å². The molecule has 0 saturated carbocycles. The van der Waals surface area contributed by atoms with E-state index in [0.29, 0.717) is 19.8 Å². The van der Waals surface area contributed by atoms with Gasteiger partial charge in [-0.15, -0.1) is 0 Å². The van der Waals surface area contributed by atoms with Gasteiger partial charge in [0.15, 0.2) is 0 Å². The van der Waals surface area contributed by atoms with E-state index < -0.39 is 24.3 Å². The number of amides is 4. The monoisotopic (exact) mass is 919 g/mol. The topological polar surface area (TPSA) is 197 Å². The number of ether oxygens (including phenoxy) is 2. The van der Waals surface area contributed by atoms with E-state index in [2.05, 4.69) is 84.2 Å². The SMILES string of the molecule is COC(=O)N[C@H](C(=O)N1CCC[C@H]1c1nc2ccc([C@@H]3CC[C@@H](c4ccc5nc([C@@H]6CCCN6C(=O)[C@@H](NC(=O)OC)C(C)C)[nH]c5c4)N3N3C=CC(N4CCCCC4)=NC3)cc2[nH]1)C(C)C. The molecular formula is C49H66N12O6. The van der Waals surface area contributed by atoms with Crippen molar-refractivity contribution in [2.24, 2.45) is 16.8 Å². The van der Waals surface area contributed by atoms with E-state index in [0.717, 1.165) is 102 Å². The molecule has 4 N–H and O–H groups in total. The Morgan fingerprint density at radius 2 is 1.13 bits per heavy atom. The number of piperidine rings is 1. The Bertz CT molecular complexity index is 2380. The minimum absolute atomic E-state index is 0.0249. The molecule has 0 spiro atoms. The van der Waals surface area contributed by atoms with Crippen LogP contribution in [0.25, 0.3) is 22.1 Å². The summed E-state index contributed by atoms with van der Waals surface area (Å²) in [5.74, 6) is 2.01. The van der Waals surface area contributed by atoms with Crippen LogP contribution in [0.3, 0.4) is 0 Å². The highest BCUT2D eigenvalue weighted by Gasteiger charge is 2.42. The quantitative estimate of drug-likeness (QED) is 0.121. The van der Waals surface area contributed by atoms with Crippen molar-refractivity contribution in [3.8, 4) is 0 Å². The van der Waals surface area contributed by atoms with Gasteiger partial charge in [0.25, 0.3) is 0 Å². The van der Waals surface area contributed by atoms with Crippen molar-refractivity contribution < 1.29 is 28.7 Å². The van der Waals surface area contributed by atoms with Crippen LogP contribution >= 0.6 is 0 Å². The molecule has 5 aliphatic heterocycles. The molecule has 18 nitrogen and oxygen atoms in total. The Morgan fingerprint density at radius 3 is 1.57 bits per heavy atom. The summed E-state index contributed by atoms with van der Waals surface area (Å²) in [6, 6.07) is 11.1. The van der Waals surface area contributed by atoms with Gasteiger partial charge in [0.1, 0.15) is 36.2 Å². The summed E-state index contributed by atoms with van der Waals surface area (Å²) in [4.78, 5) is 80.7. The molecule has 7 heterocycles. The maximum atomic E-state index is 13.9. The van der Waals surface area contributed by atoms with Gasteiger partial charge in [-0.3, -0.25) is 14.6 Å². The van der Waals surface area contributed by atoms with E-state index >= 15 is 0 Å². The fraction of sp³-hybridized carbons (Fsp3) is 0.571. The minimum Gasteiger partial charge on any atom is -0.453 e. The largest absolute Gasteiger partial charge is 0.453 e. The second-order valence-corrected chi connectivity index (χ2v) is 19.3. The molecule has 5 aliphatic rings. The van der Waals surface area contributed by atoms with Crippen molar-refractivity contribution >= 4 is 51.9 Å².